The van der Waals surface area contributed by atoms with Gasteiger partial charge in [-0.1, -0.05) is 12.1 Å². The first kappa shape index (κ1) is 16.6. The van der Waals surface area contributed by atoms with Crippen LogP contribution in [0.3, 0.4) is 0 Å². The molecule has 0 N–H and O–H groups in total. The number of thiophene rings is 2. The Morgan fingerprint density at radius 1 is 0.680 bits per heavy atom. The molecule has 0 atom stereocenters. The van der Waals surface area contributed by atoms with Crippen LogP contribution in [0.4, 0.5) is 0 Å². The van der Waals surface area contributed by atoms with Crippen LogP contribution in [-0.2, 0) is 0 Å². The molecule has 126 valence electrons. The Hall–Kier alpha value is -1.84. The Morgan fingerprint density at radius 2 is 1.20 bits per heavy atom. The van der Waals surface area contributed by atoms with Crippen molar-refractivity contribution in [3.63, 3.8) is 0 Å². The molecule has 5 rings (SSSR count). The summed E-state index contributed by atoms with van der Waals surface area (Å²) in [6, 6.07) is 13.3. The first-order valence-corrected chi connectivity index (χ1v) is 10.1. The van der Waals surface area contributed by atoms with Gasteiger partial charge in [0, 0.05) is 22.2 Å². The summed E-state index contributed by atoms with van der Waals surface area (Å²) < 4.78 is 39.0. The van der Waals surface area contributed by atoms with E-state index in [0.29, 0.717) is 0 Å². The van der Waals surface area contributed by atoms with Crippen molar-refractivity contribution < 1.29 is 33.3 Å². The van der Waals surface area contributed by atoms with E-state index < -0.39 is 10.2 Å². The van der Waals surface area contributed by atoms with E-state index in [0.717, 1.165) is 0 Å². The Bertz CT molecular complexity index is 1110. The maximum Gasteiger partial charge on any atom is 0.237 e. The van der Waals surface area contributed by atoms with Crippen LogP contribution < -0.4 is 23.0 Å². The summed E-state index contributed by atoms with van der Waals surface area (Å²) >= 11 is 3.66. The van der Waals surface area contributed by atoms with E-state index in [-0.39, 0.29) is 0 Å². The fourth-order valence-corrected chi connectivity index (χ4v) is 4.85. The van der Waals surface area contributed by atoms with Crippen molar-refractivity contribution in [1.82, 2.24) is 0 Å². The summed E-state index contributed by atoms with van der Waals surface area (Å²) in [6.07, 6.45) is 4.33. The lowest BCUT2D eigenvalue weighted by Gasteiger charge is -2.17. The summed E-state index contributed by atoms with van der Waals surface area (Å²) in [5, 5.41) is 9.73. The first-order valence-electron chi connectivity index (χ1n) is 7.14. The second-order valence-electron chi connectivity index (χ2n) is 5.34. The highest BCUT2D eigenvalue weighted by Crippen LogP contribution is 2.35. The maximum absolute atomic E-state index is 8.49. The molecule has 0 radical (unpaired) electrons. The van der Waals surface area contributed by atoms with Crippen molar-refractivity contribution in [2.45, 2.75) is 0 Å². The smallest absolute Gasteiger partial charge is 0.222 e. The number of hydrogen-bond acceptors (Lipinski definition) is 6. The minimum Gasteiger partial charge on any atom is -0.222 e. The quantitative estimate of drug-likeness (QED) is 0.279. The highest BCUT2D eigenvalue weighted by atomic mass is 35.7. The lowest BCUT2D eigenvalue weighted by Crippen LogP contribution is -2.68. The Labute approximate surface area is 152 Å². The van der Waals surface area contributed by atoms with Crippen LogP contribution in [0.2, 0.25) is 0 Å². The molecule has 1 aromatic carbocycles. The fourth-order valence-electron chi connectivity index (χ4n) is 2.95. The van der Waals surface area contributed by atoms with Crippen LogP contribution in [0, 0.1) is 10.2 Å². The monoisotopic (exact) mass is 391 g/mol. The number of nitrogens with zero attached hydrogens (tertiary/aromatic N) is 1. The molecule has 0 aliphatic carbocycles. The van der Waals surface area contributed by atoms with Crippen LogP contribution in [0.5, 0.6) is 0 Å². The van der Waals surface area contributed by atoms with Gasteiger partial charge in [-0.2, -0.15) is 4.40 Å². The molecule has 5 nitrogen and oxygen atoms in total. The standard InChI is InChI=1S/C17H10NS2.ClHO4/c1-2-12-5-9-19-16(12)14-11(1)3-7-18-8-4-13-6-10-20-17(13)15(14)18;2-1(3,4)5/h1-10H;(H,2,3,4,5)/q+1;/p-1. The highest BCUT2D eigenvalue weighted by Gasteiger charge is 2.16. The lowest BCUT2D eigenvalue weighted by atomic mass is 10.1. The van der Waals surface area contributed by atoms with E-state index in [4.69, 9.17) is 18.6 Å². The zero-order chi connectivity index (χ0) is 17.6. The molecule has 8 heteroatoms. The Balaban J connectivity index is 0.000000280. The van der Waals surface area contributed by atoms with E-state index in [1.54, 1.807) is 0 Å². The van der Waals surface area contributed by atoms with Gasteiger partial charge in [-0.05, 0) is 33.7 Å². The molecular formula is C17H10ClNO4S2. The average Bonchev–Trinajstić information content (AvgIpc) is 3.21. The molecule has 0 amide bonds. The van der Waals surface area contributed by atoms with Gasteiger partial charge >= 0.3 is 0 Å². The van der Waals surface area contributed by atoms with Crippen molar-refractivity contribution >= 4 is 59.1 Å². The van der Waals surface area contributed by atoms with Crippen LogP contribution in [0.25, 0.3) is 36.5 Å². The first-order chi connectivity index (χ1) is 11.9. The number of pyridine rings is 2. The van der Waals surface area contributed by atoms with Gasteiger partial charge in [0.25, 0.3) is 0 Å². The van der Waals surface area contributed by atoms with E-state index in [1.807, 2.05) is 22.7 Å². The minimum atomic E-state index is -4.94. The van der Waals surface area contributed by atoms with Crippen molar-refractivity contribution in [2.75, 3.05) is 0 Å². The number of rotatable bonds is 0. The van der Waals surface area contributed by atoms with Gasteiger partial charge in [0.15, 0.2) is 12.4 Å². The predicted octanol–water partition coefficient (Wildman–Crippen LogP) is 0.252. The predicted molar refractivity (Wildman–Crippen MR) is 87.9 cm³/mol. The van der Waals surface area contributed by atoms with Gasteiger partial charge in [-0.3, -0.25) is 0 Å². The van der Waals surface area contributed by atoms with Crippen molar-refractivity contribution in [2.24, 2.45) is 0 Å². The molecule has 25 heavy (non-hydrogen) atoms. The fraction of sp³-hybridized carbons (Fsp3) is 0. The van der Waals surface area contributed by atoms with E-state index in [2.05, 4.69) is 64.0 Å². The number of aromatic nitrogens is 1. The molecule has 0 aliphatic heterocycles. The molecule has 0 aliphatic rings. The number of benzene rings is 1. The second-order valence-corrected chi connectivity index (χ2v) is 7.93. The van der Waals surface area contributed by atoms with E-state index in [9.17, 15) is 0 Å². The second kappa shape index (κ2) is 6.15. The normalized spacial score (nSPS) is 12.0. The molecule has 0 saturated carbocycles. The van der Waals surface area contributed by atoms with E-state index >= 15 is 0 Å². The van der Waals surface area contributed by atoms with Gasteiger partial charge in [0.2, 0.25) is 5.52 Å². The van der Waals surface area contributed by atoms with Crippen molar-refractivity contribution in [1.29, 1.82) is 0 Å². The molecule has 0 bridgehead atoms. The molecular weight excluding hydrogens is 382 g/mol. The van der Waals surface area contributed by atoms with Crippen molar-refractivity contribution in [3.8, 4) is 0 Å². The largest absolute Gasteiger partial charge is 0.237 e. The molecule has 4 aromatic heterocycles. The SMILES string of the molecule is [O-][Cl+3]([O-])([O-])[O-].c1cc2ccc3cc[n+]4ccc5ccsc5c4c3c2s1. The van der Waals surface area contributed by atoms with Crippen LogP contribution in [0.1, 0.15) is 0 Å². The van der Waals surface area contributed by atoms with Crippen LogP contribution in [-0.4, -0.2) is 0 Å². The third kappa shape index (κ3) is 3.19. The van der Waals surface area contributed by atoms with Crippen LogP contribution >= 0.6 is 22.7 Å². The molecule has 5 aromatic rings. The summed E-state index contributed by atoms with van der Waals surface area (Å²) in [6.45, 7) is 0. The Morgan fingerprint density at radius 3 is 1.88 bits per heavy atom. The number of hydrogen-bond donors (Lipinski definition) is 0. The highest BCUT2D eigenvalue weighted by molar-refractivity contribution is 7.19. The topological polar surface area (TPSA) is 96.3 Å². The minimum absolute atomic E-state index is 1.32. The molecule has 0 fully saturated rings. The zero-order valence-electron chi connectivity index (χ0n) is 12.5. The van der Waals surface area contributed by atoms with Crippen molar-refractivity contribution in [3.05, 3.63) is 59.6 Å². The van der Waals surface area contributed by atoms with E-state index in [1.165, 1.54) is 36.5 Å². The third-order valence-corrected chi connectivity index (χ3v) is 5.77. The third-order valence-electron chi connectivity index (χ3n) is 3.89. The van der Waals surface area contributed by atoms with Crippen LogP contribution in [0.15, 0.2) is 59.6 Å². The number of halogens is 1. The zero-order valence-corrected chi connectivity index (χ0v) is 14.9. The molecule has 0 spiro atoms. The summed E-state index contributed by atoms with van der Waals surface area (Å²) in [4.78, 5) is 0. The van der Waals surface area contributed by atoms with Gasteiger partial charge in [0.1, 0.15) is 4.70 Å². The summed E-state index contributed by atoms with van der Waals surface area (Å²) in [7, 11) is -4.94. The average molecular weight is 392 g/mol. The summed E-state index contributed by atoms with van der Waals surface area (Å²) in [5.74, 6) is 0. The maximum atomic E-state index is 8.49. The van der Waals surface area contributed by atoms with Gasteiger partial charge < -0.3 is 0 Å². The lowest BCUT2D eigenvalue weighted by molar-refractivity contribution is -2.00. The molecule has 0 saturated heterocycles. The summed E-state index contributed by atoms with van der Waals surface area (Å²) in [5.41, 5.74) is 1.34. The molecule has 0 unspecified atom stereocenters. The Kier molecular flexibility index (Phi) is 4.09. The van der Waals surface area contributed by atoms with Gasteiger partial charge in [-0.25, -0.2) is 18.6 Å². The number of fused-ring (bicyclic) bond motifs is 7. The molecule has 4 heterocycles. The van der Waals surface area contributed by atoms with Gasteiger partial charge in [0.05, 0.1) is 5.39 Å². The van der Waals surface area contributed by atoms with Gasteiger partial charge in [-0.15, -0.1) is 32.9 Å².